The van der Waals surface area contributed by atoms with Crippen molar-refractivity contribution >= 4 is 12.3 Å². The van der Waals surface area contributed by atoms with Gasteiger partial charge in [0.25, 0.3) is 0 Å². The maximum absolute atomic E-state index is 11.2. The lowest BCUT2D eigenvalue weighted by atomic mass is 10.1. The lowest BCUT2D eigenvalue weighted by Gasteiger charge is -2.02. The number of unbranched alkanes of at least 4 members (excludes halogenated alkanes) is 6. The first-order valence-corrected chi connectivity index (χ1v) is 6.66. The molecule has 0 rings (SSSR count). The topological polar surface area (TPSA) is 63.6 Å². The zero-order valence-electron chi connectivity index (χ0n) is 11.0. The minimum absolute atomic E-state index is 0.0261. The van der Waals surface area contributed by atoms with Crippen LogP contribution in [0, 0.1) is 0 Å². The van der Waals surface area contributed by atoms with Gasteiger partial charge in [0.15, 0.2) is 0 Å². The Labute approximate surface area is 109 Å². The van der Waals surface area contributed by atoms with Crippen molar-refractivity contribution < 1.29 is 19.4 Å². The minimum Gasteiger partial charge on any atom is -0.461 e. The number of hydrogen-bond donors (Lipinski definition) is 1. The Hall–Kier alpha value is -1.16. The van der Waals surface area contributed by atoms with Crippen LogP contribution < -0.4 is 0 Å². The molecule has 1 N–H and O–H groups in total. The van der Waals surface area contributed by atoms with E-state index in [0.717, 1.165) is 44.8 Å². The molecule has 0 aliphatic heterocycles. The van der Waals surface area contributed by atoms with Gasteiger partial charge < -0.3 is 14.6 Å². The summed E-state index contributed by atoms with van der Waals surface area (Å²) in [5, 5.41) is 8.46. The summed E-state index contributed by atoms with van der Waals surface area (Å²) in [4.78, 5) is 21.3. The molecule has 0 heterocycles. The molecule has 0 unspecified atom stereocenters. The van der Waals surface area contributed by atoms with Gasteiger partial charge in [0.2, 0.25) is 0 Å². The highest BCUT2D eigenvalue weighted by atomic mass is 16.5. The quantitative estimate of drug-likeness (QED) is 0.252. The van der Waals surface area contributed by atoms with Crippen LogP contribution in [0.5, 0.6) is 0 Å². The number of aliphatic hydroxyl groups is 1. The Bertz CT molecular complexity index is 236. The average molecular weight is 256 g/mol. The normalized spacial score (nSPS) is 10.7. The molecule has 0 amide bonds. The van der Waals surface area contributed by atoms with Crippen LogP contribution in [-0.2, 0) is 14.3 Å². The predicted molar refractivity (Wildman–Crippen MR) is 70.2 cm³/mol. The van der Waals surface area contributed by atoms with Gasteiger partial charge in [-0.3, -0.25) is 4.79 Å². The molecule has 0 aliphatic carbocycles. The Morgan fingerprint density at radius 2 is 1.67 bits per heavy atom. The van der Waals surface area contributed by atoms with E-state index in [0.29, 0.717) is 12.8 Å². The predicted octanol–water partition coefficient (Wildman–Crippen LogP) is 2.40. The molecule has 18 heavy (non-hydrogen) atoms. The number of hydrogen-bond acceptors (Lipinski definition) is 4. The second-order valence-corrected chi connectivity index (χ2v) is 4.16. The first-order valence-electron chi connectivity index (χ1n) is 6.66. The lowest BCUT2D eigenvalue weighted by Crippen LogP contribution is -2.04. The summed E-state index contributed by atoms with van der Waals surface area (Å²) < 4.78 is 4.93. The van der Waals surface area contributed by atoms with Gasteiger partial charge in [-0.15, -0.1) is 0 Å². The first kappa shape index (κ1) is 16.8. The first-order chi connectivity index (χ1) is 8.81. The van der Waals surface area contributed by atoms with Crippen molar-refractivity contribution in [3.05, 3.63) is 12.2 Å². The third-order valence-corrected chi connectivity index (χ3v) is 2.57. The molecule has 0 spiro atoms. The van der Waals surface area contributed by atoms with Crippen LogP contribution in [-0.4, -0.2) is 30.6 Å². The molecule has 104 valence electrons. The van der Waals surface area contributed by atoms with Crippen LogP contribution in [0.4, 0.5) is 0 Å². The molecular formula is C14H24O4. The average Bonchev–Trinajstić information content (AvgIpc) is 2.38. The molecule has 4 heteroatoms. The van der Waals surface area contributed by atoms with Crippen LogP contribution in [0.15, 0.2) is 12.2 Å². The van der Waals surface area contributed by atoms with Crippen LogP contribution in [0.3, 0.4) is 0 Å². The molecule has 0 bridgehead atoms. The van der Waals surface area contributed by atoms with E-state index >= 15 is 0 Å². The van der Waals surface area contributed by atoms with Crippen LogP contribution in [0.2, 0.25) is 0 Å². The number of esters is 1. The fourth-order valence-corrected chi connectivity index (χ4v) is 1.56. The number of ether oxygens (including phenoxy) is 1. The van der Waals surface area contributed by atoms with E-state index in [4.69, 9.17) is 9.84 Å². The van der Waals surface area contributed by atoms with Crippen molar-refractivity contribution in [1.82, 2.24) is 0 Å². The fraction of sp³-hybridized carbons (Fsp3) is 0.714. The lowest BCUT2D eigenvalue weighted by molar-refractivity contribution is -0.142. The molecule has 0 fully saturated rings. The Morgan fingerprint density at radius 3 is 2.33 bits per heavy atom. The van der Waals surface area contributed by atoms with E-state index in [2.05, 4.69) is 0 Å². The van der Waals surface area contributed by atoms with Gasteiger partial charge in [-0.25, -0.2) is 0 Å². The van der Waals surface area contributed by atoms with Gasteiger partial charge >= 0.3 is 5.97 Å². The summed E-state index contributed by atoms with van der Waals surface area (Å²) in [7, 11) is 0. The van der Waals surface area contributed by atoms with Gasteiger partial charge in [0.1, 0.15) is 12.9 Å². The van der Waals surface area contributed by atoms with Gasteiger partial charge in [-0.2, -0.15) is 0 Å². The highest BCUT2D eigenvalue weighted by Gasteiger charge is 2.00. The third-order valence-electron chi connectivity index (χ3n) is 2.57. The highest BCUT2D eigenvalue weighted by Crippen LogP contribution is 2.08. The molecule has 0 aromatic heterocycles. The van der Waals surface area contributed by atoms with Crippen molar-refractivity contribution in [3.8, 4) is 0 Å². The van der Waals surface area contributed by atoms with Crippen molar-refractivity contribution in [1.29, 1.82) is 0 Å². The van der Waals surface area contributed by atoms with Gasteiger partial charge in [-0.1, -0.05) is 31.8 Å². The maximum Gasteiger partial charge on any atom is 0.306 e. The molecule has 0 saturated carbocycles. The zero-order chi connectivity index (χ0) is 13.5. The van der Waals surface area contributed by atoms with Gasteiger partial charge in [-0.05, 0) is 18.9 Å². The van der Waals surface area contributed by atoms with E-state index in [1.54, 1.807) is 12.2 Å². The largest absolute Gasteiger partial charge is 0.461 e. The van der Waals surface area contributed by atoms with E-state index < -0.39 is 0 Å². The van der Waals surface area contributed by atoms with E-state index in [1.165, 1.54) is 0 Å². The number of carbonyl (C=O) groups is 2. The van der Waals surface area contributed by atoms with Crippen LogP contribution in [0.25, 0.3) is 0 Å². The summed E-state index contributed by atoms with van der Waals surface area (Å²) in [6, 6.07) is 0. The van der Waals surface area contributed by atoms with E-state index in [-0.39, 0.29) is 19.2 Å². The SMILES string of the molecule is O=CCCCCCCCCC(=O)OCC=CCO. The van der Waals surface area contributed by atoms with Crippen molar-refractivity contribution in [3.63, 3.8) is 0 Å². The standard InChI is InChI=1S/C14H24O4/c15-11-7-5-3-1-2-4-6-10-14(17)18-13-9-8-12-16/h8-9,11,16H,1-7,10,12-13H2. The second kappa shape index (κ2) is 13.9. The Morgan fingerprint density at radius 1 is 1.00 bits per heavy atom. The number of aldehydes is 1. The second-order valence-electron chi connectivity index (χ2n) is 4.16. The molecular weight excluding hydrogens is 232 g/mol. The number of carbonyl (C=O) groups excluding carboxylic acids is 2. The molecule has 4 nitrogen and oxygen atoms in total. The smallest absolute Gasteiger partial charge is 0.306 e. The van der Waals surface area contributed by atoms with Crippen molar-refractivity contribution in [2.45, 2.75) is 51.4 Å². The number of rotatable bonds is 12. The van der Waals surface area contributed by atoms with E-state index in [9.17, 15) is 9.59 Å². The molecule has 0 aromatic carbocycles. The van der Waals surface area contributed by atoms with E-state index in [1.807, 2.05) is 0 Å². The van der Waals surface area contributed by atoms with Crippen LogP contribution in [0.1, 0.15) is 51.4 Å². The Balaban J connectivity index is 3.20. The zero-order valence-corrected chi connectivity index (χ0v) is 11.0. The van der Waals surface area contributed by atoms with Gasteiger partial charge in [0.05, 0.1) is 6.61 Å². The highest BCUT2D eigenvalue weighted by molar-refractivity contribution is 5.69. The molecule has 0 aliphatic rings. The molecule has 0 atom stereocenters. The van der Waals surface area contributed by atoms with Crippen molar-refractivity contribution in [2.75, 3.05) is 13.2 Å². The number of aliphatic hydroxyl groups excluding tert-OH is 1. The third kappa shape index (κ3) is 12.9. The summed E-state index contributed by atoms with van der Waals surface area (Å²) in [5.74, 6) is -0.182. The fourth-order valence-electron chi connectivity index (χ4n) is 1.56. The summed E-state index contributed by atoms with van der Waals surface area (Å²) in [6.07, 6.45) is 11.4. The molecule has 0 aromatic rings. The van der Waals surface area contributed by atoms with Crippen molar-refractivity contribution in [2.24, 2.45) is 0 Å². The monoisotopic (exact) mass is 256 g/mol. The minimum atomic E-state index is -0.182. The maximum atomic E-state index is 11.2. The van der Waals surface area contributed by atoms with Crippen LogP contribution >= 0.6 is 0 Å². The summed E-state index contributed by atoms with van der Waals surface area (Å²) >= 11 is 0. The van der Waals surface area contributed by atoms with Gasteiger partial charge in [0, 0.05) is 12.8 Å². The molecule has 0 saturated heterocycles. The summed E-state index contributed by atoms with van der Waals surface area (Å²) in [5.41, 5.74) is 0. The summed E-state index contributed by atoms with van der Waals surface area (Å²) in [6.45, 7) is 0.215. The Kier molecular flexibility index (Phi) is 13.0. The molecule has 0 radical (unpaired) electrons.